The highest BCUT2D eigenvalue weighted by molar-refractivity contribution is 6.30. The Morgan fingerprint density at radius 2 is 2.12 bits per heavy atom. The molecule has 3 N–H and O–H groups in total. The van der Waals surface area contributed by atoms with Crippen molar-refractivity contribution in [3.63, 3.8) is 0 Å². The molecule has 88 valence electrons. The zero-order valence-electron chi connectivity index (χ0n) is 9.37. The Kier molecular flexibility index (Phi) is 3.50. The van der Waals surface area contributed by atoms with E-state index in [9.17, 15) is 0 Å². The molecule has 2 atom stereocenters. The fourth-order valence-corrected chi connectivity index (χ4v) is 2.43. The van der Waals surface area contributed by atoms with Crippen LogP contribution in [0.15, 0.2) is 24.3 Å². The summed E-state index contributed by atoms with van der Waals surface area (Å²) in [6, 6.07) is 7.73. The molecular weight excluding hydrogens is 224 g/mol. The largest absolute Gasteiger partial charge is 0.373 e. The molecule has 16 heavy (non-hydrogen) atoms. The average Bonchev–Trinajstić information content (AvgIpc) is 2.70. The van der Waals surface area contributed by atoms with E-state index in [4.69, 9.17) is 22.2 Å². The molecule has 1 saturated heterocycles. The molecule has 0 saturated carbocycles. The van der Waals surface area contributed by atoms with Crippen LogP contribution in [-0.2, 0) is 4.74 Å². The van der Waals surface area contributed by atoms with Crippen molar-refractivity contribution in [2.24, 2.45) is 5.84 Å². The zero-order valence-corrected chi connectivity index (χ0v) is 10.1. The van der Waals surface area contributed by atoms with Crippen molar-refractivity contribution in [1.82, 2.24) is 5.43 Å². The van der Waals surface area contributed by atoms with Crippen molar-refractivity contribution >= 4 is 11.6 Å². The van der Waals surface area contributed by atoms with E-state index in [1.165, 1.54) is 0 Å². The smallest absolute Gasteiger partial charge is 0.0862 e. The molecule has 0 aliphatic carbocycles. The van der Waals surface area contributed by atoms with Gasteiger partial charge in [-0.1, -0.05) is 23.7 Å². The van der Waals surface area contributed by atoms with Gasteiger partial charge in [-0.3, -0.25) is 11.3 Å². The summed E-state index contributed by atoms with van der Waals surface area (Å²) in [6.07, 6.45) is 2.10. The lowest BCUT2D eigenvalue weighted by Crippen LogP contribution is -2.44. The van der Waals surface area contributed by atoms with Crippen molar-refractivity contribution in [2.75, 3.05) is 6.61 Å². The third kappa shape index (κ3) is 2.23. The molecule has 2 rings (SSSR count). The van der Waals surface area contributed by atoms with Crippen molar-refractivity contribution in [2.45, 2.75) is 31.4 Å². The number of nitrogens with two attached hydrogens (primary N) is 1. The third-order valence-electron chi connectivity index (χ3n) is 3.23. The highest BCUT2D eigenvalue weighted by atomic mass is 35.5. The molecule has 0 aromatic heterocycles. The Morgan fingerprint density at radius 3 is 2.62 bits per heavy atom. The molecule has 4 heteroatoms. The summed E-state index contributed by atoms with van der Waals surface area (Å²) in [7, 11) is 0. The van der Waals surface area contributed by atoms with Gasteiger partial charge in [-0.25, -0.2) is 0 Å². The molecule has 0 bridgehead atoms. The van der Waals surface area contributed by atoms with E-state index in [2.05, 4.69) is 12.3 Å². The van der Waals surface area contributed by atoms with Crippen LogP contribution >= 0.6 is 11.6 Å². The van der Waals surface area contributed by atoms with Crippen LogP contribution in [0.1, 0.15) is 31.4 Å². The minimum Gasteiger partial charge on any atom is -0.373 e. The highest BCUT2D eigenvalue weighted by Crippen LogP contribution is 2.37. The van der Waals surface area contributed by atoms with Crippen LogP contribution in [0.2, 0.25) is 5.02 Å². The van der Waals surface area contributed by atoms with Gasteiger partial charge in [0.25, 0.3) is 0 Å². The summed E-state index contributed by atoms with van der Waals surface area (Å²) >= 11 is 5.87. The van der Waals surface area contributed by atoms with Crippen LogP contribution in [0.3, 0.4) is 0 Å². The summed E-state index contributed by atoms with van der Waals surface area (Å²) in [5.41, 5.74) is 3.74. The Morgan fingerprint density at radius 1 is 1.44 bits per heavy atom. The van der Waals surface area contributed by atoms with Gasteiger partial charge in [0.05, 0.1) is 11.6 Å². The molecule has 1 aliphatic rings. The number of hydrogen-bond acceptors (Lipinski definition) is 3. The van der Waals surface area contributed by atoms with E-state index in [-0.39, 0.29) is 11.6 Å². The molecule has 0 radical (unpaired) electrons. The van der Waals surface area contributed by atoms with Gasteiger partial charge in [-0.15, -0.1) is 0 Å². The van der Waals surface area contributed by atoms with Crippen molar-refractivity contribution in [3.05, 3.63) is 34.9 Å². The first-order valence-corrected chi connectivity index (χ1v) is 5.89. The fourth-order valence-electron chi connectivity index (χ4n) is 2.31. The van der Waals surface area contributed by atoms with Crippen LogP contribution in [0.4, 0.5) is 0 Å². The molecule has 0 amide bonds. The van der Waals surface area contributed by atoms with E-state index < -0.39 is 0 Å². The van der Waals surface area contributed by atoms with Crippen molar-refractivity contribution < 1.29 is 4.74 Å². The molecule has 1 heterocycles. The first-order valence-electron chi connectivity index (χ1n) is 5.51. The lowest BCUT2D eigenvalue weighted by Gasteiger charge is -2.33. The number of halogens is 1. The molecule has 1 aliphatic heterocycles. The van der Waals surface area contributed by atoms with Gasteiger partial charge in [-0.2, -0.15) is 0 Å². The topological polar surface area (TPSA) is 47.3 Å². The van der Waals surface area contributed by atoms with Crippen LogP contribution in [0.25, 0.3) is 0 Å². The zero-order chi connectivity index (χ0) is 11.6. The second-order valence-corrected chi connectivity index (χ2v) is 4.85. The minimum absolute atomic E-state index is 0.00673. The van der Waals surface area contributed by atoms with Crippen molar-refractivity contribution in [3.8, 4) is 0 Å². The SMILES string of the molecule is CC1(C(NN)c2ccc(Cl)cc2)CCCO1. The van der Waals surface area contributed by atoms with Crippen LogP contribution in [-0.4, -0.2) is 12.2 Å². The van der Waals surface area contributed by atoms with Gasteiger partial charge in [0, 0.05) is 11.6 Å². The molecule has 1 fully saturated rings. The standard InChI is InChI=1S/C12H17ClN2O/c1-12(7-2-8-16-12)11(15-14)9-3-5-10(13)6-4-9/h3-6,11,15H,2,7-8,14H2,1H3. The average molecular weight is 241 g/mol. The maximum atomic E-state index is 5.87. The summed E-state index contributed by atoms with van der Waals surface area (Å²) < 4.78 is 5.80. The fraction of sp³-hybridized carbons (Fsp3) is 0.500. The number of nitrogens with one attached hydrogen (secondary N) is 1. The monoisotopic (exact) mass is 240 g/mol. The maximum absolute atomic E-state index is 5.87. The first-order chi connectivity index (χ1) is 7.65. The first kappa shape index (κ1) is 11.9. The Bertz CT molecular complexity index is 347. The van der Waals surface area contributed by atoms with E-state index in [1.807, 2.05) is 24.3 Å². The van der Waals surface area contributed by atoms with Gasteiger partial charge >= 0.3 is 0 Å². The third-order valence-corrected chi connectivity index (χ3v) is 3.48. The Balaban J connectivity index is 2.25. The van der Waals surface area contributed by atoms with E-state index in [0.717, 1.165) is 30.0 Å². The van der Waals surface area contributed by atoms with Gasteiger partial charge in [0.1, 0.15) is 0 Å². The van der Waals surface area contributed by atoms with Crippen molar-refractivity contribution in [1.29, 1.82) is 0 Å². The minimum atomic E-state index is -0.220. The molecule has 3 nitrogen and oxygen atoms in total. The Hall–Kier alpha value is -0.610. The van der Waals surface area contributed by atoms with Crippen LogP contribution in [0, 0.1) is 0 Å². The maximum Gasteiger partial charge on any atom is 0.0862 e. The second-order valence-electron chi connectivity index (χ2n) is 4.42. The van der Waals surface area contributed by atoms with Crippen LogP contribution < -0.4 is 11.3 Å². The van der Waals surface area contributed by atoms with Gasteiger partial charge in [0.2, 0.25) is 0 Å². The summed E-state index contributed by atoms with van der Waals surface area (Å²) in [5, 5.41) is 0.733. The van der Waals surface area contributed by atoms with Gasteiger partial charge in [-0.05, 0) is 37.5 Å². The molecular formula is C12H17ClN2O. The molecule has 1 aromatic carbocycles. The van der Waals surface area contributed by atoms with Gasteiger partial charge < -0.3 is 4.74 Å². The lowest BCUT2D eigenvalue weighted by atomic mass is 9.88. The van der Waals surface area contributed by atoms with E-state index >= 15 is 0 Å². The predicted octanol–water partition coefficient (Wildman–Crippen LogP) is 2.41. The summed E-state index contributed by atoms with van der Waals surface area (Å²) in [4.78, 5) is 0. The highest BCUT2D eigenvalue weighted by Gasteiger charge is 2.38. The van der Waals surface area contributed by atoms with Gasteiger partial charge in [0.15, 0.2) is 0 Å². The van der Waals surface area contributed by atoms with Crippen LogP contribution in [0.5, 0.6) is 0 Å². The molecule has 2 unspecified atom stereocenters. The molecule has 0 spiro atoms. The number of hydrogen-bond donors (Lipinski definition) is 2. The number of rotatable bonds is 3. The number of benzene rings is 1. The number of hydrazine groups is 1. The Labute approximate surface area is 101 Å². The van der Waals surface area contributed by atoms with E-state index in [0.29, 0.717) is 0 Å². The predicted molar refractivity (Wildman–Crippen MR) is 65.1 cm³/mol. The summed E-state index contributed by atoms with van der Waals surface area (Å²) in [5.74, 6) is 5.64. The number of ether oxygens (including phenoxy) is 1. The summed E-state index contributed by atoms with van der Waals surface area (Å²) in [6.45, 7) is 2.90. The second kappa shape index (κ2) is 4.72. The lowest BCUT2D eigenvalue weighted by molar-refractivity contribution is -0.0125. The quantitative estimate of drug-likeness (QED) is 0.630. The normalized spacial score (nSPS) is 26.9. The molecule has 1 aromatic rings. The van der Waals surface area contributed by atoms with E-state index in [1.54, 1.807) is 0 Å².